The molecule has 1 amide bonds. The highest BCUT2D eigenvalue weighted by atomic mass is 16.1. The molecular weight excluding hydrogens is 214 g/mol. The Morgan fingerprint density at radius 2 is 2.24 bits per heavy atom. The van der Waals surface area contributed by atoms with Crippen molar-refractivity contribution in [1.29, 1.82) is 5.26 Å². The summed E-state index contributed by atoms with van der Waals surface area (Å²) < 4.78 is 0. The van der Waals surface area contributed by atoms with Gasteiger partial charge in [-0.25, -0.2) is 0 Å². The molecule has 0 radical (unpaired) electrons. The van der Waals surface area contributed by atoms with E-state index in [4.69, 9.17) is 5.26 Å². The van der Waals surface area contributed by atoms with Crippen molar-refractivity contribution in [2.45, 2.75) is 12.8 Å². The molecule has 1 rings (SSSR count). The molecule has 1 aromatic rings. The minimum Gasteiger partial charge on any atom is -0.326 e. The fourth-order valence-electron chi connectivity index (χ4n) is 1.45. The number of rotatable bonds is 5. The van der Waals surface area contributed by atoms with Crippen LogP contribution in [0, 0.1) is 11.3 Å². The maximum atomic E-state index is 11.6. The molecule has 4 heteroatoms. The minimum atomic E-state index is -0.0121. The molecule has 0 spiro atoms. The molecule has 0 saturated heterocycles. The van der Waals surface area contributed by atoms with Gasteiger partial charge in [-0.05, 0) is 45.3 Å². The highest BCUT2D eigenvalue weighted by Gasteiger charge is 2.03. The Morgan fingerprint density at radius 3 is 2.88 bits per heavy atom. The van der Waals surface area contributed by atoms with E-state index in [9.17, 15) is 4.79 Å². The Balaban J connectivity index is 2.43. The molecular formula is C13H17N3O. The summed E-state index contributed by atoms with van der Waals surface area (Å²) in [7, 11) is 3.96. The molecule has 0 aliphatic rings. The van der Waals surface area contributed by atoms with Crippen molar-refractivity contribution in [2.75, 3.05) is 26.0 Å². The number of amides is 1. The molecule has 4 nitrogen and oxygen atoms in total. The maximum absolute atomic E-state index is 11.6. The third-order valence-electron chi connectivity index (χ3n) is 2.28. The molecule has 0 aromatic heterocycles. The quantitative estimate of drug-likeness (QED) is 0.841. The molecule has 0 atom stereocenters. The normalized spacial score (nSPS) is 10.0. The van der Waals surface area contributed by atoms with Gasteiger partial charge in [-0.3, -0.25) is 4.79 Å². The average molecular weight is 231 g/mol. The van der Waals surface area contributed by atoms with Crippen molar-refractivity contribution in [3.63, 3.8) is 0 Å². The first kappa shape index (κ1) is 13.2. The van der Waals surface area contributed by atoms with E-state index in [2.05, 4.69) is 5.32 Å². The predicted octanol–water partition coefficient (Wildman–Crippen LogP) is 1.84. The maximum Gasteiger partial charge on any atom is 0.224 e. The van der Waals surface area contributed by atoms with E-state index in [0.717, 1.165) is 13.0 Å². The zero-order valence-electron chi connectivity index (χ0n) is 10.2. The molecule has 1 N–H and O–H groups in total. The fraction of sp³-hybridized carbons (Fsp3) is 0.385. The number of nitrogens with one attached hydrogen (secondary N) is 1. The van der Waals surface area contributed by atoms with Crippen molar-refractivity contribution >= 4 is 11.6 Å². The number of hydrogen-bond acceptors (Lipinski definition) is 3. The van der Waals surface area contributed by atoms with Gasteiger partial charge >= 0.3 is 0 Å². The number of nitriles is 1. The first-order valence-electron chi connectivity index (χ1n) is 5.56. The van der Waals surface area contributed by atoms with Gasteiger partial charge in [0.1, 0.15) is 0 Å². The van der Waals surface area contributed by atoms with Crippen molar-refractivity contribution in [1.82, 2.24) is 4.90 Å². The monoisotopic (exact) mass is 231 g/mol. The smallest absolute Gasteiger partial charge is 0.224 e. The molecule has 1 aromatic carbocycles. The van der Waals surface area contributed by atoms with E-state index in [1.807, 2.05) is 25.1 Å². The number of nitrogens with zero attached hydrogens (tertiary/aromatic N) is 2. The third kappa shape index (κ3) is 5.14. The Labute approximate surface area is 102 Å². The Kier molecular flexibility index (Phi) is 5.18. The Bertz CT molecular complexity index is 421. The summed E-state index contributed by atoms with van der Waals surface area (Å²) in [4.78, 5) is 13.6. The summed E-state index contributed by atoms with van der Waals surface area (Å²) in [6.07, 6.45) is 1.33. The van der Waals surface area contributed by atoms with Crippen LogP contribution in [0.4, 0.5) is 5.69 Å². The Morgan fingerprint density at radius 1 is 1.47 bits per heavy atom. The lowest BCUT2D eigenvalue weighted by Gasteiger charge is -2.09. The van der Waals surface area contributed by atoms with E-state index in [-0.39, 0.29) is 5.91 Å². The van der Waals surface area contributed by atoms with Gasteiger partial charge in [-0.1, -0.05) is 6.07 Å². The molecule has 90 valence electrons. The highest BCUT2D eigenvalue weighted by molar-refractivity contribution is 5.90. The number of anilines is 1. The van der Waals surface area contributed by atoms with Gasteiger partial charge in [0.2, 0.25) is 5.91 Å². The predicted molar refractivity (Wildman–Crippen MR) is 67.6 cm³/mol. The summed E-state index contributed by atoms with van der Waals surface area (Å²) in [5, 5.41) is 11.5. The van der Waals surface area contributed by atoms with E-state index in [1.54, 1.807) is 24.3 Å². The lowest BCUT2D eigenvalue weighted by atomic mass is 10.2. The van der Waals surface area contributed by atoms with Crippen LogP contribution in [0.2, 0.25) is 0 Å². The van der Waals surface area contributed by atoms with Gasteiger partial charge in [0.15, 0.2) is 0 Å². The summed E-state index contributed by atoms with van der Waals surface area (Å²) in [5.41, 5.74) is 1.23. The number of hydrogen-bond donors (Lipinski definition) is 1. The van der Waals surface area contributed by atoms with Crippen LogP contribution >= 0.6 is 0 Å². The minimum absolute atomic E-state index is 0.0121. The van der Waals surface area contributed by atoms with E-state index >= 15 is 0 Å². The molecule has 0 heterocycles. The second kappa shape index (κ2) is 6.66. The van der Waals surface area contributed by atoms with Gasteiger partial charge in [-0.15, -0.1) is 0 Å². The van der Waals surface area contributed by atoms with Crippen LogP contribution in [-0.2, 0) is 4.79 Å². The standard InChI is InChI=1S/C13H17N3O/c1-16(2)8-4-7-13(17)15-12-6-3-5-11(9-12)10-14/h3,5-6,9H,4,7-8H2,1-2H3,(H,15,17). The van der Waals surface area contributed by atoms with Crippen LogP contribution in [0.15, 0.2) is 24.3 Å². The largest absolute Gasteiger partial charge is 0.326 e. The van der Waals surface area contributed by atoms with Crippen LogP contribution in [0.1, 0.15) is 18.4 Å². The van der Waals surface area contributed by atoms with Crippen molar-refractivity contribution in [3.05, 3.63) is 29.8 Å². The van der Waals surface area contributed by atoms with E-state index in [0.29, 0.717) is 17.7 Å². The second-order valence-electron chi connectivity index (χ2n) is 4.15. The summed E-state index contributed by atoms with van der Waals surface area (Å²) in [5.74, 6) is -0.0121. The third-order valence-corrected chi connectivity index (χ3v) is 2.28. The first-order chi connectivity index (χ1) is 8.11. The fourth-order valence-corrected chi connectivity index (χ4v) is 1.45. The van der Waals surface area contributed by atoms with Crippen LogP contribution in [-0.4, -0.2) is 31.4 Å². The lowest BCUT2D eigenvalue weighted by Crippen LogP contribution is -2.17. The molecule has 0 aliphatic carbocycles. The van der Waals surface area contributed by atoms with Crippen LogP contribution in [0.5, 0.6) is 0 Å². The van der Waals surface area contributed by atoms with E-state index in [1.165, 1.54) is 0 Å². The average Bonchev–Trinajstić information content (AvgIpc) is 2.28. The Hall–Kier alpha value is -1.86. The van der Waals surface area contributed by atoms with Crippen LogP contribution in [0.3, 0.4) is 0 Å². The zero-order valence-corrected chi connectivity index (χ0v) is 10.2. The SMILES string of the molecule is CN(C)CCCC(=O)Nc1cccc(C#N)c1. The molecule has 0 aliphatic heterocycles. The number of benzene rings is 1. The van der Waals surface area contributed by atoms with Crippen molar-refractivity contribution in [2.24, 2.45) is 0 Å². The van der Waals surface area contributed by atoms with Gasteiger partial charge < -0.3 is 10.2 Å². The lowest BCUT2D eigenvalue weighted by molar-refractivity contribution is -0.116. The summed E-state index contributed by atoms with van der Waals surface area (Å²) >= 11 is 0. The molecule has 0 fully saturated rings. The summed E-state index contributed by atoms with van der Waals surface area (Å²) in [6.45, 7) is 0.894. The molecule has 0 bridgehead atoms. The van der Waals surface area contributed by atoms with Crippen LogP contribution in [0.25, 0.3) is 0 Å². The van der Waals surface area contributed by atoms with E-state index < -0.39 is 0 Å². The van der Waals surface area contributed by atoms with Gasteiger partial charge in [0.05, 0.1) is 11.6 Å². The first-order valence-corrected chi connectivity index (χ1v) is 5.56. The molecule has 17 heavy (non-hydrogen) atoms. The number of carbonyl (C=O) groups excluding carboxylic acids is 1. The second-order valence-corrected chi connectivity index (χ2v) is 4.15. The molecule has 0 saturated carbocycles. The van der Waals surface area contributed by atoms with Gasteiger partial charge in [0.25, 0.3) is 0 Å². The van der Waals surface area contributed by atoms with Crippen molar-refractivity contribution in [3.8, 4) is 6.07 Å². The number of carbonyl (C=O) groups is 1. The van der Waals surface area contributed by atoms with Gasteiger partial charge in [0, 0.05) is 12.1 Å². The van der Waals surface area contributed by atoms with Crippen molar-refractivity contribution < 1.29 is 4.79 Å². The highest BCUT2D eigenvalue weighted by Crippen LogP contribution is 2.10. The topological polar surface area (TPSA) is 56.1 Å². The zero-order chi connectivity index (χ0) is 12.7. The molecule has 0 unspecified atom stereocenters. The summed E-state index contributed by atoms with van der Waals surface area (Å²) in [6, 6.07) is 8.96. The van der Waals surface area contributed by atoms with Gasteiger partial charge in [-0.2, -0.15) is 5.26 Å². The van der Waals surface area contributed by atoms with Crippen LogP contribution < -0.4 is 5.32 Å².